The molecule has 2 unspecified atom stereocenters. The number of carbonyl (C=O) groups is 1. The van der Waals surface area contributed by atoms with Crippen molar-refractivity contribution in [3.63, 3.8) is 0 Å². The molecule has 5 nitrogen and oxygen atoms in total. The first-order valence-electron chi connectivity index (χ1n) is 7.14. The van der Waals surface area contributed by atoms with E-state index in [1.54, 1.807) is 0 Å². The van der Waals surface area contributed by atoms with Crippen LogP contribution >= 0.6 is 0 Å². The van der Waals surface area contributed by atoms with Crippen molar-refractivity contribution >= 4 is 11.6 Å². The fourth-order valence-corrected chi connectivity index (χ4v) is 2.73. The topological polar surface area (TPSA) is 59.6 Å². The molecule has 3 rings (SSSR count). The molecule has 0 radical (unpaired) electrons. The number of ether oxygens (including phenoxy) is 2. The van der Waals surface area contributed by atoms with E-state index in [4.69, 9.17) is 9.47 Å². The molecule has 1 aromatic rings. The van der Waals surface area contributed by atoms with Crippen molar-refractivity contribution in [1.29, 1.82) is 0 Å². The Morgan fingerprint density at radius 1 is 1.35 bits per heavy atom. The fourth-order valence-electron chi connectivity index (χ4n) is 2.73. The van der Waals surface area contributed by atoms with Gasteiger partial charge in [-0.1, -0.05) is 18.2 Å². The second-order valence-electron chi connectivity index (χ2n) is 5.17. The van der Waals surface area contributed by atoms with E-state index in [2.05, 4.69) is 10.6 Å². The number of para-hydroxylation sites is 1. The number of fused-ring (bicyclic) bond motifs is 1. The lowest BCUT2D eigenvalue weighted by Crippen LogP contribution is -2.42. The molecule has 0 saturated carbocycles. The highest BCUT2D eigenvalue weighted by Gasteiger charge is 2.26. The van der Waals surface area contributed by atoms with Crippen LogP contribution in [0.25, 0.3) is 0 Å². The third-order valence-corrected chi connectivity index (χ3v) is 3.79. The molecule has 20 heavy (non-hydrogen) atoms. The molecule has 1 aromatic carbocycles. The minimum absolute atomic E-state index is 0.0235. The number of rotatable bonds is 3. The third-order valence-electron chi connectivity index (χ3n) is 3.79. The second kappa shape index (κ2) is 6.24. The van der Waals surface area contributed by atoms with E-state index in [9.17, 15) is 4.79 Å². The Hall–Kier alpha value is -1.59. The van der Waals surface area contributed by atoms with Gasteiger partial charge < -0.3 is 20.1 Å². The first-order valence-corrected chi connectivity index (χ1v) is 7.14. The number of benzene rings is 1. The molecule has 1 fully saturated rings. The molecular weight excluding hydrogens is 256 g/mol. The summed E-state index contributed by atoms with van der Waals surface area (Å²) >= 11 is 0. The average molecular weight is 276 g/mol. The maximum atomic E-state index is 12.4. The van der Waals surface area contributed by atoms with Gasteiger partial charge in [0.2, 0.25) is 5.91 Å². The Bertz CT molecular complexity index is 472. The molecule has 0 aliphatic carbocycles. The molecule has 0 aromatic heterocycles. The van der Waals surface area contributed by atoms with Crippen molar-refractivity contribution in [3.8, 4) is 0 Å². The highest BCUT2D eigenvalue weighted by Crippen LogP contribution is 2.31. The Labute approximate surface area is 118 Å². The minimum atomic E-state index is -0.0723. The molecule has 2 aliphatic rings. The maximum absolute atomic E-state index is 12.4. The third kappa shape index (κ3) is 2.94. The number of amides is 1. The second-order valence-corrected chi connectivity index (χ2v) is 5.17. The van der Waals surface area contributed by atoms with Crippen LogP contribution < -0.4 is 10.6 Å². The molecular formula is C15H20N2O3. The van der Waals surface area contributed by atoms with Gasteiger partial charge >= 0.3 is 0 Å². The zero-order valence-corrected chi connectivity index (χ0v) is 11.4. The van der Waals surface area contributed by atoms with Crippen LogP contribution in [0, 0.1) is 0 Å². The van der Waals surface area contributed by atoms with Crippen molar-refractivity contribution in [2.45, 2.75) is 18.4 Å². The van der Waals surface area contributed by atoms with E-state index in [0.29, 0.717) is 26.4 Å². The highest BCUT2D eigenvalue weighted by atomic mass is 16.6. The fraction of sp³-hybridized carbons (Fsp3) is 0.533. The minimum Gasteiger partial charge on any atom is -0.385 e. The summed E-state index contributed by atoms with van der Waals surface area (Å²) in [5.41, 5.74) is 2.15. The molecule has 108 valence electrons. The number of anilines is 1. The van der Waals surface area contributed by atoms with Gasteiger partial charge in [-0.15, -0.1) is 0 Å². The molecule has 2 heterocycles. The molecule has 2 N–H and O–H groups in total. The van der Waals surface area contributed by atoms with Crippen LogP contribution in [0.3, 0.4) is 0 Å². The van der Waals surface area contributed by atoms with Gasteiger partial charge in [0, 0.05) is 18.8 Å². The van der Waals surface area contributed by atoms with Gasteiger partial charge in [0.1, 0.15) is 0 Å². The van der Waals surface area contributed by atoms with Gasteiger partial charge in [-0.3, -0.25) is 4.79 Å². The zero-order chi connectivity index (χ0) is 13.8. The van der Waals surface area contributed by atoms with Crippen LogP contribution in [0.15, 0.2) is 24.3 Å². The summed E-state index contributed by atoms with van der Waals surface area (Å²) in [6.45, 7) is 3.16. The van der Waals surface area contributed by atoms with E-state index in [-0.39, 0.29) is 17.9 Å². The summed E-state index contributed by atoms with van der Waals surface area (Å²) in [4.78, 5) is 12.4. The van der Waals surface area contributed by atoms with Crippen LogP contribution in [-0.4, -0.2) is 44.9 Å². The van der Waals surface area contributed by atoms with Gasteiger partial charge in [-0.05, 0) is 18.1 Å². The number of hydrogen-bond acceptors (Lipinski definition) is 4. The van der Waals surface area contributed by atoms with Crippen molar-refractivity contribution < 1.29 is 14.3 Å². The Morgan fingerprint density at radius 3 is 3.10 bits per heavy atom. The van der Waals surface area contributed by atoms with Gasteiger partial charge in [0.25, 0.3) is 0 Å². The Morgan fingerprint density at radius 2 is 2.25 bits per heavy atom. The van der Waals surface area contributed by atoms with Gasteiger partial charge in [0.15, 0.2) is 0 Å². The lowest BCUT2D eigenvalue weighted by molar-refractivity contribution is -0.125. The van der Waals surface area contributed by atoms with Crippen LogP contribution in [-0.2, 0) is 14.3 Å². The highest BCUT2D eigenvalue weighted by molar-refractivity contribution is 5.86. The summed E-state index contributed by atoms with van der Waals surface area (Å²) in [6, 6.07) is 8.00. The summed E-state index contributed by atoms with van der Waals surface area (Å²) < 4.78 is 10.9. The largest absolute Gasteiger partial charge is 0.385 e. The maximum Gasteiger partial charge on any atom is 0.227 e. The van der Waals surface area contributed by atoms with Crippen LogP contribution in [0.1, 0.15) is 17.9 Å². The molecule has 0 bridgehead atoms. The summed E-state index contributed by atoms with van der Waals surface area (Å²) in [5, 5.41) is 6.32. The monoisotopic (exact) mass is 276 g/mol. The van der Waals surface area contributed by atoms with Crippen molar-refractivity contribution in [2.75, 3.05) is 38.2 Å². The van der Waals surface area contributed by atoms with Crippen molar-refractivity contribution in [3.05, 3.63) is 29.8 Å². The smallest absolute Gasteiger partial charge is 0.227 e. The van der Waals surface area contributed by atoms with Crippen LogP contribution in [0.4, 0.5) is 5.69 Å². The predicted molar refractivity (Wildman–Crippen MR) is 75.9 cm³/mol. The molecule has 2 aliphatic heterocycles. The van der Waals surface area contributed by atoms with Crippen molar-refractivity contribution in [1.82, 2.24) is 5.32 Å². The molecule has 5 heteroatoms. The summed E-state index contributed by atoms with van der Waals surface area (Å²) in [5.74, 6) is 0.00471. The average Bonchev–Trinajstić information content (AvgIpc) is 2.53. The lowest BCUT2D eigenvalue weighted by atomic mass is 9.90. The molecule has 1 saturated heterocycles. The van der Waals surface area contributed by atoms with Gasteiger partial charge in [-0.25, -0.2) is 0 Å². The Kier molecular flexibility index (Phi) is 4.18. The summed E-state index contributed by atoms with van der Waals surface area (Å²) in [6.07, 6.45) is 0.801. The first kappa shape index (κ1) is 13.4. The lowest BCUT2D eigenvalue weighted by Gasteiger charge is -2.27. The van der Waals surface area contributed by atoms with Crippen molar-refractivity contribution in [2.24, 2.45) is 0 Å². The zero-order valence-electron chi connectivity index (χ0n) is 11.4. The predicted octanol–water partition coefficient (Wildman–Crippen LogP) is 1.12. The summed E-state index contributed by atoms with van der Waals surface area (Å²) in [7, 11) is 0. The van der Waals surface area contributed by atoms with Gasteiger partial charge in [0.05, 0.1) is 31.8 Å². The molecule has 2 atom stereocenters. The Balaban J connectivity index is 1.60. The van der Waals surface area contributed by atoms with Crippen LogP contribution in [0.5, 0.6) is 0 Å². The van der Waals surface area contributed by atoms with E-state index in [1.165, 1.54) is 0 Å². The van der Waals surface area contributed by atoms with Crippen LogP contribution in [0.2, 0.25) is 0 Å². The van der Waals surface area contributed by atoms with E-state index >= 15 is 0 Å². The quantitative estimate of drug-likeness (QED) is 0.868. The standard InChI is InChI=1S/C15H20N2O3/c18-15(17-9-11-10-19-7-8-20-11)13-5-6-16-14-4-2-1-3-12(13)14/h1-4,11,13,16H,5-10H2,(H,17,18). The van der Waals surface area contributed by atoms with E-state index < -0.39 is 0 Å². The number of nitrogens with one attached hydrogen (secondary N) is 2. The number of hydrogen-bond donors (Lipinski definition) is 2. The SMILES string of the molecule is O=C(NCC1COCCO1)C1CCNc2ccccc21. The van der Waals surface area contributed by atoms with E-state index in [1.807, 2.05) is 24.3 Å². The first-order chi connectivity index (χ1) is 9.84. The molecule has 0 spiro atoms. The van der Waals surface area contributed by atoms with E-state index in [0.717, 1.165) is 24.2 Å². The van der Waals surface area contributed by atoms with Gasteiger partial charge in [-0.2, -0.15) is 0 Å². The normalized spacial score (nSPS) is 25.4. The number of carbonyl (C=O) groups excluding carboxylic acids is 1. The molecule has 1 amide bonds.